The third-order valence-corrected chi connectivity index (χ3v) is 13.3. The quantitative estimate of drug-likeness (QED) is 0.0197. The highest BCUT2D eigenvalue weighted by Gasteiger charge is 2.48. The van der Waals surface area contributed by atoms with Crippen molar-refractivity contribution in [3.8, 4) is 0 Å². The number of carbonyl (C=O) groups excluding carboxylic acids is 1. The average molecular weight is 975 g/mol. The highest BCUT2D eigenvalue weighted by Crippen LogP contribution is 2.26. The highest BCUT2D eigenvalue weighted by molar-refractivity contribution is 7.80. The molecule has 0 saturated carbocycles. The van der Waals surface area contributed by atoms with Gasteiger partial charge < -0.3 is 34.3 Å². The average Bonchev–Trinajstić information content (AvgIpc) is 3.30. The van der Waals surface area contributed by atoms with Crippen molar-refractivity contribution < 1.29 is 56.2 Å². The molecule has 13 heteroatoms. The van der Waals surface area contributed by atoms with Crippen LogP contribution < -0.4 is 0 Å². The van der Waals surface area contributed by atoms with E-state index in [1.807, 2.05) is 0 Å². The lowest BCUT2D eigenvalue weighted by Crippen LogP contribution is -2.60. The molecule has 0 amide bonds. The Hall–Kier alpha value is -1.42. The van der Waals surface area contributed by atoms with Gasteiger partial charge in [-0.25, -0.2) is 4.18 Å². The van der Waals surface area contributed by atoms with Crippen molar-refractivity contribution >= 4 is 16.4 Å². The molecule has 1 aliphatic rings. The standard InChI is InChI=1S/C54H102O12S/c1-3-5-7-9-11-13-15-17-19-21-22-23-24-25-26-27-29-31-33-35-37-39-41-43-50(56)64-48(47-63-54-52(58)53(66-67(59,60)61)51(57)49(45-55)65-54)46-62-44-42-40-38-36-34-32-30-28-20-18-16-14-12-10-8-6-4-2/h20-22,28,48-49,51-55,57-58H,3-19,23-27,29-47H2,1-2H3,(H,59,60,61)/b22-21-,28-20-. The molecule has 1 fully saturated rings. The van der Waals surface area contributed by atoms with E-state index in [1.54, 1.807) is 0 Å². The van der Waals surface area contributed by atoms with Gasteiger partial charge in [0.2, 0.25) is 0 Å². The fraction of sp³-hybridized carbons (Fsp3) is 0.907. The third kappa shape index (κ3) is 39.0. The van der Waals surface area contributed by atoms with E-state index in [9.17, 15) is 33.1 Å². The number of allylic oxidation sites excluding steroid dienone is 4. The van der Waals surface area contributed by atoms with Gasteiger partial charge in [0.05, 0.1) is 19.8 Å². The molecule has 1 rings (SSSR count). The summed E-state index contributed by atoms with van der Waals surface area (Å²) in [6.07, 6.45) is 45.0. The fourth-order valence-electron chi connectivity index (χ4n) is 8.61. The van der Waals surface area contributed by atoms with Crippen LogP contribution in [0.15, 0.2) is 24.3 Å². The summed E-state index contributed by atoms with van der Waals surface area (Å²) in [7, 11) is -5.06. The molecule has 6 unspecified atom stereocenters. The molecule has 0 aromatic heterocycles. The number of aliphatic hydroxyl groups is 3. The zero-order chi connectivity index (χ0) is 48.9. The van der Waals surface area contributed by atoms with Crippen molar-refractivity contribution in [2.75, 3.05) is 26.4 Å². The second-order valence-electron chi connectivity index (χ2n) is 19.2. The second-order valence-corrected chi connectivity index (χ2v) is 20.2. The minimum Gasteiger partial charge on any atom is -0.457 e. The van der Waals surface area contributed by atoms with E-state index in [4.69, 9.17) is 18.9 Å². The van der Waals surface area contributed by atoms with Gasteiger partial charge in [-0.2, -0.15) is 8.42 Å². The van der Waals surface area contributed by atoms with E-state index in [1.165, 1.54) is 180 Å². The first-order valence-corrected chi connectivity index (χ1v) is 29.0. The maximum absolute atomic E-state index is 12.9. The zero-order valence-corrected chi connectivity index (χ0v) is 43.5. The van der Waals surface area contributed by atoms with Gasteiger partial charge in [0.15, 0.2) is 6.29 Å². The normalized spacial score (nSPS) is 19.5. The molecule has 12 nitrogen and oxygen atoms in total. The van der Waals surface area contributed by atoms with Gasteiger partial charge in [0, 0.05) is 13.0 Å². The summed E-state index contributed by atoms with van der Waals surface area (Å²) < 4.78 is 59.3. The lowest BCUT2D eigenvalue weighted by atomic mass is 9.99. The molecule has 1 saturated heterocycles. The van der Waals surface area contributed by atoms with Crippen molar-refractivity contribution in [3.63, 3.8) is 0 Å². The van der Waals surface area contributed by atoms with Crippen LogP contribution in [-0.4, -0.2) is 97.5 Å². The number of hydrogen-bond acceptors (Lipinski definition) is 11. The highest BCUT2D eigenvalue weighted by atomic mass is 32.3. The van der Waals surface area contributed by atoms with Crippen LogP contribution in [-0.2, 0) is 38.3 Å². The van der Waals surface area contributed by atoms with Crippen molar-refractivity contribution in [2.24, 2.45) is 0 Å². The number of rotatable bonds is 49. The van der Waals surface area contributed by atoms with E-state index < -0.39 is 59.8 Å². The van der Waals surface area contributed by atoms with Crippen molar-refractivity contribution in [3.05, 3.63) is 24.3 Å². The number of ether oxygens (including phenoxy) is 4. The molecule has 0 aromatic rings. The molecule has 396 valence electrons. The van der Waals surface area contributed by atoms with Gasteiger partial charge in [0.25, 0.3) is 0 Å². The summed E-state index contributed by atoms with van der Waals surface area (Å²) in [6.45, 7) is 4.02. The summed E-state index contributed by atoms with van der Waals surface area (Å²) in [5.74, 6) is -0.398. The molecule has 4 N–H and O–H groups in total. The Balaban J connectivity index is 2.31. The Morgan fingerprint density at radius 3 is 1.34 bits per heavy atom. The molecule has 0 radical (unpaired) electrons. The Labute approximate surface area is 410 Å². The fourth-order valence-corrected chi connectivity index (χ4v) is 9.11. The number of carbonyl (C=O) groups is 1. The Morgan fingerprint density at radius 1 is 0.552 bits per heavy atom. The Kier molecular flexibility index (Phi) is 43.4. The summed E-state index contributed by atoms with van der Waals surface area (Å²) in [5.41, 5.74) is 0. The van der Waals surface area contributed by atoms with E-state index in [-0.39, 0.29) is 19.6 Å². The Morgan fingerprint density at radius 2 is 0.940 bits per heavy atom. The number of hydrogen-bond donors (Lipinski definition) is 4. The summed E-state index contributed by atoms with van der Waals surface area (Å²) in [5, 5.41) is 30.8. The number of unbranched alkanes of at least 4 members (excludes halogenated alkanes) is 32. The van der Waals surface area contributed by atoms with Crippen LogP contribution in [0.4, 0.5) is 0 Å². The predicted octanol–water partition coefficient (Wildman–Crippen LogP) is 13.1. The maximum Gasteiger partial charge on any atom is 0.397 e. The minimum absolute atomic E-state index is 0.0349. The molecule has 0 spiro atoms. The number of aliphatic hydroxyl groups excluding tert-OH is 3. The molecule has 0 bridgehead atoms. The predicted molar refractivity (Wildman–Crippen MR) is 271 cm³/mol. The van der Waals surface area contributed by atoms with Crippen LogP contribution in [0, 0.1) is 0 Å². The summed E-state index contributed by atoms with van der Waals surface area (Å²) in [4.78, 5) is 12.9. The van der Waals surface area contributed by atoms with Crippen LogP contribution in [0.1, 0.15) is 251 Å². The minimum atomic E-state index is -5.06. The SMILES string of the molecule is CCCCCCCCC/C=C\CCCCCCCCOCC(COC1OC(CO)C(O)C(OS(=O)(=O)O)C1O)OC(=O)CCCCCCCCCCCCC/C=C\CCCCCCCCCC. The first-order chi connectivity index (χ1) is 32.6. The lowest BCUT2D eigenvalue weighted by Gasteiger charge is -2.41. The van der Waals surface area contributed by atoms with Gasteiger partial charge in [-0.3, -0.25) is 9.35 Å². The Bertz CT molecular complexity index is 1260. The molecular formula is C54H102O12S. The molecule has 6 atom stereocenters. The largest absolute Gasteiger partial charge is 0.457 e. The number of esters is 1. The molecule has 1 heterocycles. The lowest BCUT2D eigenvalue weighted by molar-refractivity contribution is -0.301. The van der Waals surface area contributed by atoms with Gasteiger partial charge in [-0.1, -0.05) is 205 Å². The van der Waals surface area contributed by atoms with Gasteiger partial charge in [-0.05, 0) is 64.2 Å². The summed E-state index contributed by atoms with van der Waals surface area (Å²) in [6, 6.07) is 0. The topological polar surface area (TPSA) is 178 Å². The van der Waals surface area contributed by atoms with Gasteiger partial charge >= 0.3 is 16.4 Å². The molecule has 0 aromatic carbocycles. The smallest absolute Gasteiger partial charge is 0.397 e. The van der Waals surface area contributed by atoms with Crippen molar-refractivity contribution in [1.29, 1.82) is 0 Å². The van der Waals surface area contributed by atoms with Crippen LogP contribution in [0.25, 0.3) is 0 Å². The first kappa shape index (κ1) is 63.6. The maximum atomic E-state index is 12.9. The van der Waals surface area contributed by atoms with Crippen LogP contribution in [0.3, 0.4) is 0 Å². The molecule has 1 aliphatic heterocycles. The first-order valence-electron chi connectivity index (χ1n) is 27.6. The van der Waals surface area contributed by atoms with Crippen molar-refractivity contribution in [1.82, 2.24) is 0 Å². The van der Waals surface area contributed by atoms with E-state index >= 15 is 0 Å². The van der Waals surface area contributed by atoms with Gasteiger partial charge in [-0.15, -0.1) is 0 Å². The van der Waals surface area contributed by atoms with Gasteiger partial charge in [0.1, 0.15) is 30.5 Å². The van der Waals surface area contributed by atoms with E-state index in [2.05, 4.69) is 42.3 Å². The van der Waals surface area contributed by atoms with Crippen LogP contribution in [0.5, 0.6) is 0 Å². The van der Waals surface area contributed by atoms with Crippen molar-refractivity contribution in [2.45, 2.75) is 288 Å². The van der Waals surface area contributed by atoms with Crippen LogP contribution >= 0.6 is 0 Å². The second kappa shape index (κ2) is 45.7. The third-order valence-electron chi connectivity index (χ3n) is 12.8. The van der Waals surface area contributed by atoms with E-state index in [0.29, 0.717) is 13.0 Å². The van der Waals surface area contributed by atoms with Crippen LogP contribution in [0.2, 0.25) is 0 Å². The zero-order valence-electron chi connectivity index (χ0n) is 42.7. The van der Waals surface area contributed by atoms with E-state index in [0.717, 1.165) is 44.9 Å². The molecule has 0 aliphatic carbocycles. The summed E-state index contributed by atoms with van der Waals surface area (Å²) >= 11 is 0. The molecule has 67 heavy (non-hydrogen) atoms. The monoisotopic (exact) mass is 975 g/mol. The molecular weight excluding hydrogens is 873 g/mol.